The molecule has 0 amide bonds. The summed E-state index contributed by atoms with van der Waals surface area (Å²) in [4.78, 5) is 0. The first-order valence-corrected chi connectivity index (χ1v) is 3.93. The molecule has 0 saturated carbocycles. The highest BCUT2D eigenvalue weighted by molar-refractivity contribution is 5.33. The molecule has 1 unspecified atom stereocenters. The number of phenols is 1. The van der Waals surface area contributed by atoms with E-state index < -0.39 is 6.10 Å². The molecule has 2 N–H and O–H groups in total. The number of benzene rings is 1. The first-order valence-electron chi connectivity index (χ1n) is 3.93. The standard InChI is InChI=1S/C11H12O2/c1-3-8(2)11(13)9-4-6-10(12)7-5-9/h3-7,11-13H,1-2H2. The highest BCUT2D eigenvalue weighted by atomic mass is 16.3. The molecule has 1 atom stereocenters. The number of rotatable bonds is 3. The number of hydrogen-bond acceptors (Lipinski definition) is 2. The molecule has 13 heavy (non-hydrogen) atoms. The Morgan fingerprint density at radius 1 is 1.31 bits per heavy atom. The van der Waals surface area contributed by atoms with Gasteiger partial charge in [-0.2, -0.15) is 0 Å². The third kappa shape index (κ3) is 2.20. The van der Waals surface area contributed by atoms with Gasteiger partial charge in [-0.25, -0.2) is 0 Å². The van der Waals surface area contributed by atoms with Gasteiger partial charge in [0.1, 0.15) is 11.9 Å². The van der Waals surface area contributed by atoms with Crippen molar-refractivity contribution in [3.63, 3.8) is 0 Å². The summed E-state index contributed by atoms with van der Waals surface area (Å²) in [7, 11) is 0. The smallest absolute Gasteiger partial charge is 0.115 e. The van der Waals surface area contributed by atoms with Crippen molar-refractivity contribution < 1.29 is 10.2 Å². The number of aliphatic hydroxyl groups excluding tert-OH is 1. The third-order valence-electron chi connectivity index (χ3n) is 1.82. The van der Waals surface area contributed by atoms with Gasteiger partial charge in [-0.15, -0.1) is 0 Å². The van der Waals surface area contributed by atoms with E-state index in [9.17, 15) is 5.11 Å². The van der Waals surface area contributed by atoms with Crippen molar-refractivity contribution >= 4 is 0 Å². The summed E-state index contributed by atoms with van der Waals surface area (Å²) in [6.07, 6.45) is 0.774. The van der Waals surface area contributed by atoms with E-state index in [1.54, 1.807) is 12.1 Å². The fraction of sp³-hybridized carbons (Fsp3) is 0.0909. The van der Waals surface area contributed by atoms with E-state index in [4.69, 9.17) is 5.11 Å². The summed E-state index contributed by atoms with van der Waals surface area (Å²) >= 11 is 0. The van der Waals surface area contributed by atoms with E-state index in [0.29, 0.717) is 11.1 Å². The molecule has 0 aromatic heterocycles. The zero-order valence-electron chi connectivity index (χ0n) is 7.27. The van der Waals surface area contributed by atoms with Gasteiger partial charge in [0.2, 0.25) is 0 Å². The van der Waals surface area contributed by atoms with Gasteiger partial charge in [-0.1, -0.05) is 31.4 Å². The molecular formula is C11H12O2. The quantitative estimate of drug-likeness (QED) is 0.693. The molecule has 2 nitrogen and oxygen atoms in total. The van der Waals surface area contributed by atoms with Crippen molar-refractivity contribution in [2.24, 2.45) is 0 Å². The van der Waals surface area contributed by atoms with Crippen LogP contribution in [-0.4, -0.2) is 10.2 Å². The van der Waals surface area contributed by atoms with E-state index in [1.165, 1.54) is 18.2 Å². The summed E-state index contributed by atoms with van der Waals surface area (Å²) in [5.41, 5.74) is 1.24. The van der Waals surface area contributed by atoms with Crippen molar-refractivity contribution in [2.45, 2.75) is 6.10 Å². The minimum absolute atomic E-state index is 0.181. The normalized spacial score (nSPS) is 12.1. The first-order chi connectivity index (χ1) is 6.15. The van der Waals surface area contributed by atoms with Gasteiger partial charge >= 0.3 is 0 Å². The maximum atomic E-state index is 9.63. The van der Waals surface area contributed by atoms with Crippen molar-refractivity contribution in [1.29, 1.82) is 0 Å². The van der Waals surface area contributed by atoms with Crippen LogP contribution in [0.3, 0.4) is 0 Å². The molecule has 0 aliphatic rings. The molecule has 0 aliphatic carbocycles. The van der Waals surface area contributed by atoms with Gasteiger partial charge in [0.15, 0.2) is 0 Å². The van der Waals surface area contributed by atoms with E-state index in [0.717, 1.165) is 0 Å². The lowest BCUT2D eigenvalue weighted by atomic mass is 10.0. The van der Waals surface area contributed by atoms with Crippen molar-refractivity contribution in [3.8, 4) is 5.75 Å². The number of phenolic OH excluding ortho intramolecular Hbond substituents is 1. The van der Waals surface area contributed by atoms with Crippen molar-refractivity contribution in [3.05, 3.63) is 54.6 Å². The predicted molar refractivity (Wildman–Crippen MR) is 52.4 cm³/mol. The average Bonchev–Trinajstić information content (AvgIpc) is 2.17. The SMILES string of the molecule is C=CC(=C)C(O)c1ccc(O)cc1. The van der Waals surface area contributed by atoms with Crippen LogP contribution in [-0.2, 0) is 0 Å². The summed E-state index contributed by atoms with van der Waals surface area (Å²) in [5.74, 6) is 0.181. The van der Waals surface area contributed by atoms with Gasteiger partial charge in [0.25, 0.3) is 0 Å². The van der Waals surface area contributed by atoms with E-state index in [-0.39, 0.29) is 5.75 Å². The maximum Gasteiger partial charge on any atom is 0.115 e. The van der Waals surface area contributed by atoms with E-state index in [1.807, 2.05) is 0 Å². The Kier molecular flexibility index (Phi) is 2.88. The van der Waals surface area contributed by atoms with Crippen LogP contribution in [0, 0.1) is 0 Å². The van der Waals surface area contributed by atoms with Crippen molar-refractivity contribution in [2.75, 3.05) is 0 Å². The zero-order chi connectivity index (χ0) is 9.84. The predicted octanol–water partition coefficient (Wildman–Crippen LogP) is 2.17. The Balaban J connectivity index is 2.89. The number of aliphatic hydroxyl groups is 1. The minimum Gasteiger partial charge on any atom is -0.508 e. The molecule has 0 spiro atoms. The van der Waals surface area contributed by atoms with Gasteiger partial charge in [-0.05, 0) is 23.3 Å². The van der Waals surface area contributed by atoms with Crippen LogP contribution >= 0.6 is 0 Å². The van der Waals surface area contributed by atoms with Crippen LogP contribution in [0.25, 0.3) is 0 Å². The molecule has 0 saturated heterocycles. The number of aromatic hydroxyl groups is 1. The molecule has 0 bridgehead atoms. The Labute approximate surface area is 77.5 Å². The molecule has 2 heteroatoms. The lowest BCUT2D eigenvalue weighted by Crippen LogP contribution is -1.97. The van der Waals surface area contributed by atoms with E-state index in [2.05, 4.69) is 13.2 Å². The molecule has 0 radical (unpaired) electrons. The van der Waals surface area contributed by atoms with Gasteiger partial charge in [0, 0.05) is 0 Å². The zero-order valence-corrected chi connectivity index (χ0v) is 7.27. The fourth-order valence-corrected chi connectivity index (χ4v) is 0.982. The molecule has 1 aromatic rings. The number of hydrogen-bond donors (Lipinski definition) is 2. The Morgan fingerprint density at radius 2 is 1.85 bits per heavy atom. The third-order valence-corrected chi connectivity index (χ3v) is 1.82. The molecular weight excluding hydrogens is 164 g/mol. The van der Waals surface area contributed by atoms with Gasteiger partial charge < -0.3 is 10.2 Å². The molecule has 0 heterocycles. The fourth-order valence-electron chi connectivity index (χ4n) is 0.982. The highest BCUT2D eigenvalue weighted by Gasteiger charge is 2.07. The summed E-state index contributed by atoms with van der Waals surface area (Å²) < 4.78 is 0. The lowest BCUT2D eigenvalue weighted by Gasteiger charge is -2.10. The molecule has 0 aliphatic heterocycles. The van der Waals surface area contributed by atoms with Crippen LogP contribution in [0.4, 0.5) is 0 Å². The van der Waals surface area contributed by atoms with Crippen LogP contribution in [0.5, 0.6) is 5.75 Å². The van der Waals surface area contributed by atoms with Crippen LogP contribution in [0.2, 0.25) is 0 Å². The second-order valence-corrected chi connectivity index (χ2v) is 2.77. The van der Waals surface area contributed by atoms with Gasteiger partial charge in [-0.3, -0.25) is 0 Å². The largest absolute Gasteiger partial charge is 0.508 e. The monoisotopic (exact) mass is 176 g/mol. The van der Waals surface area contributed by atoms with Crippen LogP contribution in [0.15, 0.2) is 49.1 Å². The second kappa shape index (κ2) is 3.92. The average molecular weight is 176 g/mol. The Morgan fingerprint density at radius 3 is 2.31 bits per heavy atom. The summed E-state index contributed by atoms with van der Waals surface area (Å²) in [6.45, 7) is 7.16. The Hall–Kier alpha value is -1.54. The molecule has 1 rings (SSSR count). The highest BCUT2D eigenvalue weighted by Crippen LogP contribution is 2.22. The first kappa shape index (κ1) is 9.55. The maximum absolute atomic E-state index is 9.63. The molecule has 1 aromatic carbocycles. The molecule has 0 fully saturated rings. The molecule has 68 valence electrons. The lowest BCUT2D eigenvalue weighted by molar-refractivity contribution is 0.220. The van der Waals surface area contributed by atoms with Gasteiger partial charge in [0.05, 0.1) is 0 Å². The summed E-state index contributed by atoms with van der Waals surface area (Å²) in [5, 5.41) is 18.6. The second-order valence-electron chi connectivity index (χ2n) is 2.77. The van der Waals surface area contributed by atoms with Crippen LogP contribution in [0.1, 0.15) is 11.7 Å². The minimum atomic E-state index is -0.738. The Bertz CT molecular complexity index is 311. The van der Waals surface area contributed by atoms with Crippen LogP contribution < -0.4 is 0 Å². The van der Waals surface area contributed by atoms with Crippen molar-refractivity contribution in [1.82, 2.24) is 0 Å². The topological polar surface area (TPSA) is 40.5 Å². The van der Waals surface area contributed by atoms with E-state index >= 15 is 0 Å². The summed E-state index contributed by atoms with van der Waals surface area (Å²) in [6, 6.07) is 6.34.